The molecule has 1 unspecified atom stereocenters. The van der Waals surface area contributed by atoms with E-state index in [1.54, 1.807) is 30.6 Å². The van der Waals surface area contributed by atoms with Gasteiger partial charge < -0.3 is 9.64 Å². The molecule has 136 valence electrons. The number of halogens is 4. The molecule has 0 N–H and O–H groups in total. The van der Waals surface area contributed by atoms with Crippen LogP contribution in [0.5, 0.6) is 5.75 Å². The van der Waals surface area contributed by atoms with E-state index in [4.69, 9.17) is 4.74 Å². The summed E-state index contributed by atoms with van der Waals surface area (Å²) in [6.07, 6.45) is 5.59. The molecule has 0 spiro atoms. The van der Waals surface area contributed by atoms with Gasteiger partial charge in [0.2, 0.25) is 6.93 Å². The number of ether oxygens (including phenoxy) is 1. The zero-order chi connectivity index (χ0) is 18.1. The number of anilines is 1. The van der Waals surface area contributed by atoms with Gasteiger partial charge in [0.25, 0.3) is 0 Å². The van der Waals surface area contributed by atoms with Crippen LogP contribution < -0.4 is 9.64 Å². The maximum absolute atomic E-state index is 13.6. The Hall–Kier alpha value is -1.83. The van der Waals surface area contributed by atoms with E-state index in [2.05, 4.69) is 30.8 Å². The van der Waals surface area contributed by atoms with Gasteiger partial charge in [0.05, 0.1) is 19.0 Å². The van der Waals surface area contributed by atoms with Crippen molar-refractivity contribution >= 4 is 21.7 Å². The third kappa shape index (κ3) is 6.19. The summed E-state index contributed by atoms with van der Waals surface area (Å²) in [5.74, 6) is 1.23. The Bertz CT molecular complexity index is 663. The Balaban J connectivity index is 0.000000701. The summed E-state index contributed by atoms with van der Waals surface area (Å²) in [6, 6.07) is 6.52. The van der Waals surface area contributed by atoms with Gasteiger partial charge in [0.15, 0.2) is 11.6 Å². The SMILES string of the molecule is FCF.Fc1ccccc1OCC1CCCN(c2cncc(Br)n2)C1. The first-order chi connectivity index (χ1) is 12.1. The summed E-state index contributed by atoms with van der Waals surface area (Å²) in [5, 5.41) is 0. The van der Waals surface area contributed by atoms with Crippen LogP contribution in [-0.4, -0.2) is 36.6 Å². The lowest BCUT2D eigenvalue weighted by Crippen LogP contribution is -2.38. The number of piperidine rings is 1. The molecule has 8 heteroatoms. The molecule has 0 amide bonds. The van der Waals surface area contributed by atoms with E-state index >= 15 is 0 Å². The van der Waals surface area contributed by atoms with E-state index in [1.807, 2.05) is 0 Å². The van der Waals surface area contributed by atoms with E-state index in [9.17, 15) is 13.2 Å². The highest BCUT2D eigenvalue weighted by Crippen LogP contribution is 2.24. The smallest absolute Gasteiger partial charge is 0.229 e. The van der Waals surface area contributed by atoms with Gasteiger partial charge in [0.1, 0.15) is 10.4 Å². The first-order valence-corrected chi connectivity index (χ1v) is 8.65. The molecule has 1 aliphatic heterocycles. The molecule has 1 atom stereocenters. The van der Waals surface area contributed by atoms with Crippen LogP contribution in [0.1, 0.15) is 12.8 Å². The molecule has 25 heavy (non-hydrogen) atoms. The quantitative estimate of drug-likeness (QED) is 0.730. The van der Waals surface area contributed by atoms with E-state index in [0.717, 1.165) is 36.4 Å². The van der Waals surface area contributed by atoms with Crippen LogP contribution >= 0.6 is 15.9 Å². The minimum absolute atomic E-state index is 0.312. The summed E-state index contributed by atoms with van der Waals surface area (Å²) in [6.45, 7) is 0.569. The van der Waals surface area contributed by atoms with Gasteiger partial charge in [-0.05, 0) is 40.9 Å². The van der Waals surface area contributed by atoms with Crippen LogP contribution in [0.2, 0.25) is 0 Å². The van der Waals surface area contributed by atoms with Crippen molar-refractivity contribution < 1.29 is 17.9 Å². The van der Waals surface area contributed by atoms with Gasteiger partial charge in [-0.3, -0.25) is 4.98 Å². The van der Waals surface area contributed by atoms with E-state index in [1.165, 1.54) is 6.07 Å². The normalized spacial score (nSPS) is 16.8. The van der Waals surface area contributed by atoms with Gasteiger partial charge in [-0.1, -0.05) is 12.1 Å². The fraction of sp³-hybridized carbons (Fsp3) is 0.412. The monoisotopic (exact) mass is 417 g/mol. The van der Waals surface area contributed by atoms with Crippen LogP contribution in [0.25, 0.3) is 0 Å². The van der Waals surface area contributed by atoms with Crippen molar-refractivity contribution in [3.8, 4) is 5.75 Å². The largest absolute Gasteiger partial charge is 0.490 e. The lowest BCUT2D eigenvalue weighted by molar-refractivity contribution is 0.220. The summed E-state index contributed by atoms with van der Waals surface area (Å²) < 4.78 is 39.2. The Morgan fingerprint density at radius 2 is 2.00 bits per heavy atom. The summed E-state index contributed by atoms with van der Waals surface area (Å²) in [7, 11) is 0. The molecular weight excluding hydrogens is 399 g/mol. The lowest BCUT2D eigenvalue weighted by Gasteiger charge is -2.33. The fourth-order valence-electron chi connectivity index (χ4n) is 2.66. The number of rotatable bonds is 4. The highest BCUT2D eigenvalue weighted by Gasteiger charge is 2.22. The zero-order valence-corrected chi connectivity index (χ0v) is 15.1. The van der Waals surface area contributed by atoms with Crippen molar-refractivity contribution in [2.45, 2.75) is 12.8 Å². The highest BCUT2D eigenvalue weighted by atomic mass is 79.9. The predicted molar refractivity (Wildman–Crippen MR) is 93.6 cm³/mol. The van der Waals surface area contributed by atoms with Crippen molar-refractivity contribution in [2.75, 3.05) is 31.5 Å². The molecule has 0 saturated carbocycles. The van der Waals surface area contributed by atoms with Gasteiger partial charge in [-0.2, -0.15) is 0 Å². The molecule has 0 radical (unpaired) electrons. The molecule has 3 rings (SSSR count). The third-order valence-corrected chi connectivity index (χ3v) is 4.13. The molecule has 1 fully saturated rings. The van der Waals surface area contributed by atoms with Crippen LogP contribution in [0.15, 0.2) is 41.3 Å². The second kappa shape index (κ2) is 10.2. The van der Waals surface area contributed by atoms with Crippen LogP contribution in [0.3, 0.4) is 0 Å². The summed E-state index contributed by atoms with van der Waals surface area (Å²) in [5.41, 5.74) is 0. The molecule has 0 aliphatic carbocycles. The van der Waals surface area contributed by atoms with Crippen molar-refractivity contribution in [3.63, 3.8) is 0 Å². The van der Waals surface area contributed by atoms with Crippen molar-refractivity contribution in [3.05, 3.63) is 47.1 Å². The Morgan fingerprint density at radius 1 is 1.24 bits per heavy atom. The number of aromatic nitrogens is 2. The van der Waals surface area contributed by atoms with E-state index in [-0.39, 0.29) is 5.82 Å². The van der Waals surface area contributed by atoms with Crippen molar-refractivity contribution in [1.82, 2.24) is 9.97 Å². The Morgan fingerprint density at radius 3 is 2.72 bits per heavy atom. The molecule has 4 nitrogen and oxygen atoms in total. The second-order valence-corrected chi connectivity index (χ2v) is 6.31. The molecule has 1 aromatic heterocycles. The lowest BCUT2D eigenvalue weighted by atomic mass is 9.99. The van der Waals surface area contributed by atoms with Crippen molar-refractivity contribution in [1.29, 1.82) is 0 Å². The van der Waals surface area contributed by atoms with Crippen LogP contribution in [-0.2, 0) is 0 Å². The third-order valence-electron chi connectivity index (χ3n) is 3.75. The van der Waals surface area contributed by atoms with Gasteiger partial charge in [-0.25, -0.2) is 18.2 Å². The summed E-state index contributed by atoms with van der Waals surface area (Å²) in [4.78, 5) is 10.8. The zero-order valence-electron chi connectivity index (χ0n) is 13.5. The first-order valence-electron chi connectivity index (χ1n) is 7.85. The number of para-hydroxylation sites is 1. The molecule has 1 aliphatic rings. The molecule has 1 saturated heterocycles. The average molecular weight is 418 g/mol. The van der Waals surface area contributed by atoms with Crippen LogP contribution in [0.4, 0.5) is 19.0 Å². The van der Waals surface area contributed by atoms with Gasteiger partial charge in [-0.15, -0.1) is 0 Å². The Labute approximate surface area is 153 Å². The number of hydrogen-bond donors (Lipinski definition) is 0. The van der Waals surface area contributed by atoms with E-state index in [0.29, 0.717) is 18.3 Å². The molecule has 0 bridgehead atoms. The molecule has 1 aromatic carbocycles. The molecular formula is C17H19BrF3N3O. The standard InChI is InChI=1S/C16H17BrFN3O.CH2F2/c17-15-8-19-9-16(20-15)21-7-3-4-12(10-21)11-22-14-6-2-1-5-13(14)18;2-1-3/h1-2,5-6,8-9,12H,3-4,7,10-11H2;1H2. The number of nitrogens with zero attached hydrogens (tertiary/aromatic N) is 3. The highest BCUT2D eigenvalue weighted by molar-refractivity contribution is 9.10. The first kappa shape index (κ1) is 19.5. The minimum Gasteiger partial charge on any atom is -0.490 e. The van der Waals surface area contributed by atoms with Gasteiger partial charge >= 0.3 is 0 Å². The Kier molecular flexibility index (Phi) is 7.97. The van der Waals surface area contributed by atoms with Gasteiger partial charge in [0, 0.05) is 19.0 Å². The number of benzene rings is 1. The number of alkyl halides is 2. The van der Waals surface area contributed by atoms with Crippen molar-refractivity contribution in [2.24, 2.45) is 5.92 Å². The predicted octanol–water partition coefficient (Wildman–Crippen LogP) is 4.56. The maximum Gasteiger partial charge on any atom is 0.229 e. The maximum atomic E-state index is 13.6. The van der Waals surface area contributed by atoms with Crippen LogP contribution in [0, 0.1) is 11.7 Å². The second-order valence-electron chi connectivity index (χ2n) is 5.50. The topological polar surface area (TPSA) is 38.2 Å². The molecule has 2 aromatic rings. The van der Waals surface area contributed by atoms with E-state index < -0.39 is 6.93 Å². The fourth-order valence-corrected chi connectivity index (χ4v) is 2.96. The molecule has 2 heterocycles. The summed E-state index contributed by atoms with van der Waals surface area (Å²) >= 11 is 3.35. The number of hydrogen-bond acceptors (Lipinski definition) is 4. The average Bonchev–Trinajstić information content (AvgIpc) is 2.62. The minimum atomic E-state index is -1.75.